The second-order valence-electron chi connectivity index (χ2n) is 4.20. The number of carbonyl (C=O) groups excluding carboxylic acids is 1. The van der Waals surface area contributed by atoms with Gasteiger partial charge < -0.3 is 20.5 Å². The quantitative estimate of drug-likeness (QED) is 0.635. The molecule has 1 amide bonds. The SMILES string of the molecule is O=C(N[C@@H](Cc1ccc(O)cc1)C(=O)O)c1cnc[nH]1. The number of phenolic OH excluding ortho intramolecular Hbond substituents is 1. The van der Waals surface area contributed by atoms with E-state index in [0.717, 1.165) is 0 Å². The van der Waals surface area contributed by atoms with Gasteiger partial charge in [-0.3, -0.25) is 4.79 Å². The molecule has 0 saturated heterocycles. The van der Waals surface area contributed by atoms with Gasteiger partial charge in [0.2, 0.25) is 0 Å². The molecule has 1 heterocycles. The van der Waals surface area contributed by atoms with Gasteiger partial charge in [0.15, 0.2) is 0 Å². The van der Waals surface area contributed by atoms with Gasteiger partial charge in [-0.2, -0.15) is 0 Å². The van der Waals surface area contributed by atoms with Crippen LogP contribution in [0.2, 0.25) is 0 Å². The summed E-state index contributed by atoms with van der Waals surface area (Å²) in [6, 6.07) is 5.08. The zero-order chi connectivity index (χ0) is 14.5. The molecular formula is C13H13N3O4. The van der Waals surface area contributed by atoms with Crippen LogP contribution in [0.4, 0.5) is 0 Å². The number of phenols is 1. The molecule has 0 saturated carbocycles. The van der Waals surface area contributed by atoms with Crippen molar-refractivity contribution in [1.29, 1.82) is 0 Å². The lowest BCUT2D eigenvalue weighted by molar-refractivity contribution is -0.139. The van der Waals surface area contributed by atoms with Gasteiger partial charge in [-0.05, 0) is 17.7 Å². The topological polar surface area (TPSA) is 115 Å². The molecule has 0 radical (unpaired) electrons. The standard InChI is InChI=1S/C13H13N3O4/c17-9-3-1-8(2-4-9)5-10(13(19)20)16-12(18)11-6-14-7-15-11/h1-4,6-7,10,17H,5H2,(H,14,15)(H,16,18)(H,19,20)/t10-/m0/s1. The van der Waals surface area contributed by atoms with E-state index in [1.165, 1.54) is 24.7 Å². The Morgan fingerprint density at radius 2 is 2.00 bits per heavy atom. The number of H-pyrrole nitrogens is 1. The zero-order valence-electron chi connectivity index (χ0n) is 10.4. The second kappa shape index (κ2) is 5.87. The molecule has 0 aliphatic heterocycles. The molecule has 1 aromatic heterocycles. The van der Waals surface area contributed by atoms with Gasteiger partial charge in [0, 0.05) is 6.42 Å². The number of aromatic amines is 1. The number of rotatable bonds is 5. The number of carbonyl (C=O) groups is 2. The first kappa shape index (κ1) is 13.6. The summed E-state index contributed by atoms with van der Waals surface area (Å²) in [5.41, 5.74) is 0.891. The van der Waals surface area contributed by atoms with Crippen LogP contribution in [0.1, 0.15) is 16.1 Å². The molecule has 1 atom stereocenters. The van der Waals surface area contributed by atoms with Crippen LogP contribution in [0, 0.1) is 0 Å². The van der Waals surface area contributed by atoms with E-state index in [1.54, 1.807) is 12.1 Å². The molecule has 0 unspecified atom stereocenters. The van der Waals surface area contributed by atoms with Crippen LogP contribution in [0.3, 0.4) is 0 Å². The second-order valence-corrected chi connectivity index (χ2v) is 4.20. The Morgan fingerprint density at radius 1 is 1.30 bits per heavy atom. The van der Waals surface area contributed by atoms with Crippen molar-refractivity contribution in [1.82, 2.24) is 15.3 Å². The number of imidazole rings is 1. The molecule has 104 valence electrons. The van der Waals surface area contributed by atoms with Crippen LogP contribution in [-0.2, 0) is 11.2 Å². The Morgan fingerprint density at radius 3 is 2.55 bits per heavy atom. The first-order chi connectivity index (χ1) is 9.56. The lowest BCUT2D eigenvalue weighted by Crippen LogP contribution is -2.42. The largest absolute Gasteiger partial charge is 0.508 e. The number of carboxylic acids is 1. The van der Waals surface area contributed by atoms with E-state index in [2.05, 4.69) is 15.3 Å². The van der Waals surface area contributed by atoms with E-state index < -0.39 is 17.9 Å². The molecule has 0 spiro atoms. The van der Waals surface area contributed by atoms with E-state index in [0.29, 0.717) is 5.56 Å². The van der Waals surface area contributed by atoms with Crippen LogP contribution in [-0.4, -0.2) is 38.1 Å². The molecule has 20 heavy (non-hydrogen) atoms. The van der Waals surface area contributed by atoms with Crippen LogP contribution in [0.15, 0.2) is 36.8 Å². The third kappa shape index (κ3) is 3.35. The minimum absolute atomic E-state index is 0.0992. The summed E-state index contributed by atoms with van der Waals surface area (Å²) in [6.45, 7) is 0. The molecule has 0 aliphatic carbocycles. The fraction of sp³-hybridized carbons (Fsp3) is 0.154. The summed E-state index contributed by atoms with van der Waals surface area (Å²) in [6.07, 6.45) is 2.77. The smallest absolute Gasteiger partial charge is 0.326 e. The summed E-state index contributed by atoms with van der Waals surface area (Å²) in [5.74, 6) is -1.57. The van der Waals surface area contributed by atoms with Crippen LogP contribution in [0.5, 0.6) is 5.75 Å². The molecule has 7 nitrogen and oxygen atoms in total. The highest BCUT2D eigenvalue weighted by atomic mass is 16.4. The molecule has 0 fully saturated rings. The summed E-state index contributed by atoms with van der Waals surface area (Å²) >= 11 is 0. The molecule has 0 bridgehead atoms. The number of nitrogens with zero attached hydrogens (tertiary/aromatic N) is 1. The van der Waals surface area contributed by atoms with E-state index in [-0.39, 0.29) is 17.9 Å². The fourth-order valence-corrected chi connectivity index (χ4v) is 1.68. The first-order valence-corrected chi connectivity index (χ1v) is 5.86. The highest BCUT2D eigenvalue weighted by Gasteiger charge is 2.21. The Hall–Kier alpha value is -2.83. The molecule has 0 aliphatic rings. The number of nitrogens with one attached hydrogen (secondary N) is 2. The van der Waals surface area contributed by atoms with Gasteiger partial charge in [-0.15, -0.1) is 0 Å². The number of aromatic hydroxyl groups is 1. The van der Waals surface area contributed by atoms with Crippen molar-refractivity contribution >= 4 is 11.9 Å². The van der Waals surface area contributed by atoms with Crippen LogP contribution >= 0.6 is 0 Å². The Labute approximate surface area is 114 Å². The third-order valence-corrected chi connectivity index (χ3v) is 2.72. The number of aliphatic carboxylic acids is 1. The van der Waals surface area contributed by atoms with E-state index in [9.17, 15) is 14.7 Å². The van der Waals surface area contributed by atoms with Gasteiger partial charge in [-0.1, -0.05) is 12.1 Å². The molecular weight excluding hydrogens is 262 g/mol. The van der Waals surface area contributed by atoms with Crippen molar-refractivity contribution in [2.24, 2.45) is 0 Å². The third-order valence-electron chi connectivity index (χ3n) is 2.72. The number of carboxylic acid groups (broad SMARTS) is 1. The lowest BCUT2D eigenvalue weighted by Gasteiger charge is -2.14. The maximum absolute atomic E-state index is 11.8. The summed E-state index contributed by atoms with van der Waals surface area (Å²) in [7, 11) is 0. The lowest BCUT2D eigenvalue weighted by atomic mass is 10.1. The highest BCUT2D eigenvalue weighted by Crippen LogP contribution is 2.11. The van der Waals surface area contributed by atoms with Gasteiger partial charge in [0.05, 0.1) is 12.5 Å². The van der Waals surface area contributed by atoms with Crippen LogP contribution in [0.25, 0.3) is 0 Å². The molecule has 1 aromatic carbocycles. The number of amides is 1. The van der Waals surface area contributed by atoms with Crippen molar-refractivity contribution in [3.05, 3.63) is 48.0 Å². The van der Waals surface area contributed by atoms with Crippen LogP contribution < -0.4 is 5.32 Å². The monoisotopic (exact) mass is 275 g/mol. The summed E-state index contributed by atoms with van der Waals surface area (Å²) in [5, 5.41) is 20.7. The average molecular weight is 275 g/mol. The minimum atomic E-state index is -1.13. The first-order valence-electron chi connectivity index (χ1n) is 5.86. The van der Waals surface area contributed by atoms with Crippen molar-refractivity contribution in [2.45, 2.75) is 12.5 Å². The molecule has 2 aromatic rings. The maximum Gasteiger partial charge on any atom is 0.326 e. The van der Waals surface area contributed by atoms with Gasteiger partial charge in [0.1, 0.15) is 17.5 Å². The van der Waals surface area contributed by atoms with Crippen molar-refractivity contribution in [2.75, 3.05) is 0 Å². The normalized spacial score (nSPS) is 11.8. The summed E-state index contributed by atoms with van der Waals surface area (Å²) < 4.78 is 0. The maximum atomic E-state index is 11.8. The number of hydrogen-bond acceptors (Lipinski definition) is 4. The number of hydrogen-bond donors (Lipinski definition) is 4. The Kier molecular flexibility index (Phi) is 3.99. The number of aromatic nitrogens is 2. The Bertz CT molecular complexity index is 593. The van der Waals surface area contributed by atoms with Gasteiger partial charge in [0.25, 0.3) is 5.91 Å². The zero-order valence-corrected chi connectivity index (χ0v) is 10.4. The fourth-order valence-electron chi connectivity index (χ4n) is 1.68. The van der Waals surface area contributed by atoms with Crippen molar-refractivity contribution in [3.8, 4) is 5.75 Å². The predicted octanol–water partition coefficient (Wildman–Crippen LogP) is 0.541. The van der Waals surface area contributed by atoms with Crippen molar-refractivity contribution < 1.29 is 19.8 Å². The van der Waals surface area contributed by atoms with Crippen molar-refractivity contribution in [3.63, 3.8) is 0 Å². The number of benzene rings is 1. The van der Waals surface area contributed by atoms with Gasteiger partial charge in [-0.25, -0.2) is 9.78 Å². The van der Waals surface area contributed by atoms with E-state index >= 15 is 0 Å². The minimum Gasteiger partial charge on any atom is -0.508 e. The molecule has 7 heteroatoms. The summed E-state index contributed by atoms with van der Waals surface area (Å²) in [4.78, 5) is 29.3. The highest BCUT2D eigenvalue weighted by molar-refractivity contribution is 5.94. The predicted molar refractivity (Wildman–Crippen MR) is 69.3 cm³/mol. The average Bonchev–Trinajstić information content (AvgIpc) is 2.94. The molecule has 4 N–H and O–H groups in total. The van der Waals surface area contributed by atoms with E-state index in [1.807, 2.05) is 0 Å². The Balaban J connectivity index is 2.06. The van der Waals surface area contributed by atoms with Gasteiger partial charge >= 0.3 is 5.97 Å². The molecule has 2 rings (SSSR count). The van der Waals surface area contributed by atoms with E-state index in [4.69, 9.17) is 5.11 Å².